The number of ether oxygens (including phenoxy) is 1. The lowest BCUT2D eigenvalue weighted by molar-refractivity contribution is 0.198. The molecule has 1 aliphatic rings. The topological polar surface area (TPSA) is 50.3 Å². The summed E-state index contributed by atoms with van der Waals surface area (Å²) >= 11 is 0. The molecule has 1 fully saturated rings. The molecule has 0 radical (unpaired) electrons. The zero-order valence-electron chi connectivity index (χ0n) is 12.9. The van der Waals surface area contributed by atoms with Gasteiger partial charge in [0.25, 0.3) is 0 Å². The molecule has 1 aromatic heterocycles. The van der Waals surface area contributed by atoms with Gasteiger partial charge in [0.1, 0.15) is 0 Å². The van der Waals surface area contributed by atoms with E-state index in [9.17, 15) is 0 Å². The molecule has 2 heterocycles. The summed E-state index contributed by atoms with van der Waals surface area (Å²) in [7, 11) is 1.73. The van der Waals surface area contributed by atoms with Crippen molar-refractivity contribution in [1.82, 2.24) is 15.3 Å². The average molecular weight is 278 g/mol. The summed E-state index contributed by atoms with van der Waals surface area (Å²) in [5.74, 6) is 0.890. The van der Waals surface area contributed by atoms with Crippen LogP contribution in [0.15, 0.2) is 6.07 Å². The van der Waals surface area contributed by atoms with Crippen molar-refractivity contribution in [2.24, 2.45) is 0 Å². The maximum Gasteiger partial charge on any atom is 0.226 e. The van der Waals surface area contributed by atoms with Gasteiger partial charge in [-0.15, -0.1) is 0 Å². The quantitative estimate of drug-likeness (QED) is 0.803. The Hall–Kier alpha value is -1.20. The second kappa shape index (κ2) is 7.55. The summed E-state index contributed by atoms with van der Waals surface area (Å²) < 4.78 is 5.07. The molecule has 0 saturated carbocycles. The minimum atomic E-state index is 0.488. The molecule has 2 rings (SSSR count). The van der Waals surface area contributed by atoms with Crippen LogP contribution in [0.1, 0.15) is 30.7 Å². The molecular weight excluding hydrogens is 252 g/mol. The van der Waals surface area contributed by atoms with Gasteiger partial charge in [-0.25, -0.2) is 9.97 Å². The second-order valence-corrected chi connectivity index (χ2v) is 5.49. The summed E-state index contributed by atoms with van der Waals surface area (Å²) in [5.41, 5.74) is 2.09. The van der Waals surface area contributed by atoms with Crippen molar-refractivity contribution in [3.05, 3.63) is 17.5 Å². The molecule has 1 N–H and O–H groups in total. The standard InChI is InChI=1S/C15H26N4O/c1-12-10-13(2)18-15(17-12)19-8-5-4-6-14(19)11-16-7-9-20-3/h10,14,16H,4-9,11H2,1-3H3. The fourth-order valence-electron chi connectivity index (χ4n) is 2.75. The number of aryl methyl sites for hydroxylation is 2. The summed E-state index contributed by atoms with van der Waals surface area (Å²) in [6, 6.07) is 2.51. The number of aromatic nitrogens is 2. The highest BCUT2D eigenvalue weighted by molar-refractivity contribution is 5.34. The third-order valence-electron chi connectivity index (χ3n) is 3.72. The molecule has 1 unspecified atom stereocenters. The predicted octanol–water partition coefficient (Wildman–Crippen LogP) is 1.69. The second-order valence-electron chi connectivity index (χ2n) is 5.49. The smallest absolute Gasteiger partial charge is 0.226 e. The minimum Gasteiger partial charge on any atom is -0.383 e. The van der Waals surface area contributed by atoms with Gasteiger partial charge in [-0.3, -0.25) is 0 Å². The first-order valence-electron chi connectivity index (χ1n) is 7.49. The summed E-state index contributed by atoms with van der Waals surface area (Å²) in [5, 5.41) is 3.46. The Kier molecular flexibility index (Phi) is 5.73. The predicted molar refractivity (Wildman–Crippen MR) is 81.2 cm³/mol. The van der Waals surface area contributed by atoms with E-state index in [1.807, 2.05) is 19.9 Å². The van der Waals surface area contributed by atoms with Crippen LogP contribution >= 0.6 is 0 Å². The number of hydrogen-bond acceptors (Lipinski definition) is 5. The van der Waals surface area contributed by atoms with E-state index in [-0.39, 0.29) is 0 Å². The van der Waals surface area contributed by atoms with Gasteiger partial charge in [0.2, 0.25) is 5.95 Å². The molecule has 20 heavy (non-hydrogen) atoms. The molecule has 112 valence electrons. The zero-order chi connectivity index (χ0) is 14.4. The zero-order valence-corrected chi connectivity index (χ0v) is 12.9. The van der Waals surface area contributed by atoms with E-state index in [1.165, 1.54) is 19.3 Å². The van der Waals surface area contributed by atoms with Crippen LogP contribution in [0.2, 0.25) is 0 Å². The maximum absolute atomic E-state index is 5.07. The van der Waals surface area contributed by atoms with Crippen molar-refractivity contribution in [2.45, 2.75) is 39.2 Å². The normalized spacial score (nSPS) is 19.4. The molecule has 0 spiro atoms. The summed E-state index contributed by atoms with van der Waals surface area (Å²) in [4.78, 5) is 11.6. The van der Waals surface area contributed by atoms with Gasteiger partial charge in [-0.2, -0.15) is 0 Å². The highest BCUT2D eigenvalue weighted by Crippen LogP contribution is 2.22. The molecule has 0 bridgehead atoms. The van der Waals surface area contributed by atoms with Crippen LogP contribution in [0.3, 0.4) is 0 Å². The third kappa shape index (κ3) is 4.15. The molecule has 1 aliphatic heterocycles. The number of nitrogens with zero attached hydrogens (tertiary/aromatic N) is 3. The molecule has 0 aliphatic carbocycles. The fraction of sp³-hybridized carbons (Fsp3) is 0.733. The fourth-order valence-corrected chi connectivity index (χ4v) is 2.75. The van der Waals surface area contributed by atoms with Crippen molar-refractivity contribution in [3.8, 4) is 0 Å². The van der Waals surface area contributed by atoms with Crippen LogP contribution < -0.4 is 10.2 Å². The van der Waals surface area contributed by atoms with E-state index in [4.69, 9.17) is 4.74 Å². The molecule has 0 amide bonds. The van der Waals surface area contributed by atoms with Crippen LogP contribution in [-0.4, -0.2) is 49.4 Å². The first-order chi connectivity index (χ1) is 9.70. The number of anilines is 1. The molecule has 5 nitrogen and oxygen atoms in total. The van der Waals surface area contributed by atoms with Crippen LogP contribution in [0.4, 0.5) is 5.95 Å². The van der Waals surface area contributed by atoms with Gasteiger partial charge in [-0.05, 0) is 39.2 Å². The number of piperidine rings is 1. The Morgan fingerprint density at radius 2 is 2.05 bits per heavy atom. The largest absolute Gasteiger partial charge is 0.383 e. The monoisotopic (exact) mass is 278 g/mol. The van der Waals surface area contributed by atoms with Gasteiger partial charge in [-0.1, -0.05) is 0 Å². The highest BCUT2D eigenvalue weighted by atomic mass is 16.5. The number of nitrogens with one attached hydrogen (secondary N) is 1. The minimum absolute atomic E-state index is 0.488. The number of hydrogen-bond donors (Lipinski definition) is 1. The lowest BCUT2D eigenvalue weighted by Crippen LogP contribution is -2.47. The number of methoxy groups -OCH3 is 1. The van der Waals surface area contributed by atoms with Crippen LogP contribution in [0.5, 0.6) is 0 Å². The molecule has 1 aromatic rings. The van der Waals surface area contributed by atoms with Gasteiger partial charge >= 0.3 is 0 Å². The van der Waals surface area contributed by atoms with Crippen molar-refractivity contribution in [3.63, 3.8) is 0 Å². The molecule has 1 atom stereocenters. The Labute approximate surface area is 121 Å². The Balaban J connectivity index is 2.02. The highest BCUT2D eigenvalue weighted by Gasteiger charge is 2.24. The average Bonchev–Trinajstić information content (AvgIpc) is 2.43. The van der Waals surface area contributed by atoms with Crippen LogP contribution in [0.25, 0.3) is 0 Å². The molecule has 0 aromatic carbocycles. The van der Waals surface area contributed by atoms with E-state index in [0.29, 0.717) is 6.04 Å². The van der Waals surface area contributed by atoms with E-state index in [0.717, 1.165) is 43.6 Å². The first-order valence-corrected chi connectivity index (χ1v) is 7.49. The SMILES string of the molecule is COCCNCC1CCCCN1c1nc(C)cc(C)n1. The van der Waals surface area contributed by atoms with Gasteiger partial charge in [0.05, 0.1) is 6.61 Å². The van der Waals surface area contributed by atoms with E-state index in [2.05, 4.69) is 20.2 Å². The first kappa shape index (κ1) is 15.2. The van der Waals surface area contributed by atoms with Gasteiger partial charge in [0, 0.05) is 44.2 Å². The van der Waals surface area contributed by atoms with Gasteiger partial charge < -0.3 is 15.0 Å². The molecule has 5 heteroatoms. The molecule has 1 saturated heterocycles. The summed E-state index contributed by atoms with van der Waals surface area (Å²) in [6.45, 7) is 7.75. The van der Waals surface area contributed by atoms with Crippen molar-refractivity contribution < 1.29 is 4.74 Å². The maximum atomic E-state index is 5.07. The summed E-state index contributed by atoms with van der Waals surface area (Å²) in [6.07, 6.45) is 3.72. The third-order valence-corrected chi connectivity index (χ3v) is 3.72. The van der Waals surface area contributed by atoms with Crippen molar-refractivity contribution >= 4 is 5.95 Å². The Morgan fingerprint density at radius 3 is 2.75 bits per heavy atom. The van der Waals surface area contributed by atoms with E-state index in [1.54, 1.807) is 7.11 Å². The van der Waals surface area contributed by atoms with Gasteiger partial charge in [0.15, 0.2) is 0 Å². The Morgan fingerprint density at radius 1 is 1.30 bits per heavy atom. The number of rotatable bonds is 6. The van der Waals surface area contributed by atoms with E-state index < -0.39 is 0 Å². The Bertz CT molecular complexity index is 404. The van der Waals surface area contributed by atoms with Crippen LogP contribution in [-0.2, 0) is 4.74 Å². The lowest BCUT2D eigenvalue weighted by atomic mass is 10.0. The lowest BCUT2D eigenvalue weighted by Gasteiger charge is -2.36. The molecular formula is C15H26N4O. The van der Waals surface area contributed by atoms with Crippen molar-refractivity contribution in [1.29, 1.82) is 0 Å². The van der Waals surface area contributed by atoms with Crippen molar-refractivity contribution in [2.75, 3.05) is 38.3 Å². The van der Waals surface area contributed by atoms with Crippen LogP contribution in [0, 0.1) is 13.8 Å². The van der Waals surface area contributed by atoms with E-state index >= 15 is 0 Å².